The lowest BCUT2D eigenvalue weighted by Crippen LogP contribution is -2.50. The molecule has 0 aromatic heterocycles. The first-order valence-corrected chi connectivity index (χ1v) is 15.2. The Kier molecular flexibility index (Phi) is 10.4. The molecule has 1 aliphatic carbocycles. The standard InChI is InChI=1S/C28H38ClN3O4S/c1-21-11-7-8-12-23(21)20-31(22(2)28(34)30-25-14-5-4-6-15-25)27(33)17-10-18-32(37(3,35)36)26-16-9-13-24(29)19-26/h7-9,11-13,16,19,22,25H,4-6,10,14-15,17-18,20H2,1-3H3,(H,30,34)/t22-/m0/s1. The molecule has 0 heterocycles. The number of hydrogen-bond donors (Lipinski definition) is 1. The number of carbonyl (C=O) groups excluding carboxylic acids is 2. The van der Waals surface area contributed by atoms with Crippen LogP contribution in [0.15, 0.2) is 48.5 Å². The van der Waals surface area contributed by atoms with Gasteiger partial charge in [0.25, 0.3) is 0 Å². The molecule has 0 spiro atoms. The summed E-state index contributed by atoms with van der Waals surface area (Å²) in [4.78, 5) is 28.2. The predicted molar refractivity (Wildman–Crippen MR) is 149 cm³/mol. The van der Waals surface area contributed by atoms with Gasteiger partial charge in [-0.1, -0.05) is 61.2 Å². The topological polar surface area (TPSA) is 86.8 Å². The molecule has 2 aromatic carbocycles. The normalized spacial score (nSPS) is 15.1. The Balaban J connectivity index is 1.72. The Morgan fingerprint density at radius 3 is 2.43 bits per heavy atom. The molecule has 2 aromatic rings. The van der Waals surface area contributed by atoms with Gasteiger partial charge in [-0.2, -0.15) is 0 Å². The van der Waals surface area contributed by atoms with Crippen molar-refractivity contribution in [2.45, 2.75) is 77.4 Å². The molecular weight excluding hydrogens is 510 g/mol. The summed E-state index contributed by atoms with van der Waals surface area (Å²) < 4.78 is 26.2. The van der Waals surface area contributed by atoms with Crippen LogP contribution >= 0.6 is 11.6 Å². The van der Waals surface area contributed by atoms with Crippen LogP contribution < -0.4 is 9.62 Å². The maximum Gasteiger partial charge on any atom is 0.242 e. The lowest BCUT2D eigenvalue weighted by Gasteiger charge is -2.32. The summed E-state index contributed by atoms with van der Waals surface area (Å²) in [5.74, 6) is -0.334. The molecule has 1 fully saturated rings. The number of hydrogen-bond acceptors (Lipinski definition) is 4. The van der Waals surface area contributed by atoms with Crippen LogP contribution in [-0.4, -0.2) is 50.0 Å². The van der Waals surface area contributed by atoms with Gasteiger partial charge in [0.1, 0.15) is 6.04 Å². The zero-order chi connectivity index (χ0) is 27.0. The van der Waals surface area contributed by atoms with Crippen LogP contribution in [0.25, 0.3) is 0 Å². The molecule has 1 N–H and O–H groups in total. The Morgan fingerprint density at radius 2 is 1.78 bits per heavy atom. The van der Waals surface area contributed by atoms with E-state index in [1.807, 2.05) is 31.2 Å². The molecule has 7 nitrogen and oxygen atoms in total. The zero-order valence-electron chi connectivity index (χ0n) is 22.0. The van der Waals surface area contributed by atoms with Crippen molar-refractivity contribution < 1.29 is 18.0 Å². The third-order valence-corrected chi connectivity index (χ3v) is 8.40. The van der Waals surface area contributed by atoms with Gasteiger partial charge in [0.15, 0.2) is 0 Å². The van der Waals surface area contributed by atoms with Crippen LogP contribution in [0.4, 0.5) is 5.69 Å². The summed E-state index contributed by atoms with van der Waals surface area (Å²) in [6.45, 7) is 4.20. The fourth-order valence-electron chi connectivity index (χ4n) is 4.76. The Morgan fingerprint density at radius 1 is 1.08 bits per heavy atom. The van der Waals surface area contributed by atoms with E-state index in [0.717, 1.165) is 43.1 Å². The number of nitrogens with one attached hydrogen (secondary N) is 1. The fourth-order valence-corrected chi connectivity index (χ4v) is 5.90. The first kappa shape index (κ1) is 29.0. The van der Waals surface area contributed by atoms with E-state index in [-0.39, 0.29) is 30.8 Å². The number of carbonyl (C=O) groups is 2. The summed E-state index contributed by atoms with van der Waals surface area (Å²) in [6.07, 6.45) is 6.89. The van der Waals surface area contributed by atoms with Gasteiger partial charge >= 0.3 is 0 Å². The minimum atomic E-state index is -3.57. The number of benzene rings is 2. The molecule has 0 unspecified atom stereocenters. The molecule has 2 amide bonds. The number of aryl methyl sites for hydroxylation is 1. The van der Waals surface area contributed by atoms with Crippen LogP contribution in [0.1, 0.15) is 63.0 Å². The first-order valence-electron chi connectivity index (χ1n) is 12.9. The zero-order valence-corrected chi connectivity index (χ0v) is 23.5. The van der Waals surface area contributed by atoms with Gasteiger partial charge in [-0.3, -0.25) is 13.9 Å². The SMILES string of the molecule is Cc1ccccc1CN(C(=O)CCCN(c1cccc(Cl)c1)S(C)(=O)=O)[C@@H](C)C(=O)NC1CCCCC1. The number of halogens is 1. The van der Waals surface area contributed by atoms with Crippen molar-refractivity contribution in [3.05, 3.63) is 64.7 Å². The Hall–Kier alpha value is -2.58. The molecular formula is C28H38ClN3O4S. The maximum atomic E-state index is 13.5. The van der Waals surface area contributed by atoms with E-state index in [4.69, 9.17) is 11.6 Å². The molecule has 202 valence electrons. The van der Waals surface area contributed by atoms with Crippen molar-refractivity contribution >= 4 is 39.1 Å². The average Bonchev–Trinajstić information content (AvgIpc) is 2.85. The summed E-state index contributed by atoms with van der Waals surface area (Å²) >= 11 is 6.07. The van der Waals surface area contributed by atoms with E-state index in [9.17, 15) is 18.0 Å². The second-order valence-electron chi connectivity index (χ2n) is 9.89. The Labute approximate surface area is 226 Å². The largest absolute Gasteiger partial charge is 0.352 e. The second-order valence-corrected chi connectivity index (χ2v) is 12.2. The van der Waals surface area contributed by atoms with E-state index in [1.54, 1.807) is 36.1 Å². The third kappa shape index (κ3) is 8.47. The quantitative estimate of drug-likeness (QED) is 0.426. The molecule has 1 atom stereocenters. The van der Waals surface area contributed by atoms with Gasteiger partial charge in [0, 0.05) is 30.6 Å². The number of rotatable bonds is 11. The van der Waals surface area contributed by atoms with E-state index in [1.165, 1.54) is 10.7 Å². The van der Waals surface area contributed by atoms with Crippen LogP contribution in [0.2, 0.25) is 5.02 Å². The second kappa shape index (κ2) is 13.3. The molecule has 0 bridgehead atoms. The third-order valence-electron chi connectivity index (χ3n) is 6.97. The molecule has 0 saturated heterocycles. The van der Waals surface area contributed by atoms with Gasteiger partial charge in [0.2, 0.25) is 21.8 Å². The summed E-state index contributed by atoms with van der Waals surface area (Å²) in [6, 6.07) is 14.0. The first-order chi connectivity index (χ1) is 17.6. The number of sulfonamides is 1. The molecule has 1 saturated carbocycles. The summed E-state index contributed by atoms with van der Waals surface area (Å²) in [5, 5.41) is 3.58. The smallest absolute Gasteiger partial charge is 0.242 e. The molecule has 1 aliphatic rings. The molecule has 0 radical (unpaired) electrons. The van der Waals surface area contributed by atoms with Crippen molar-refractivity contribution in [1.82, 2.24) is 10.2 Å². The van der Waals surface area contributed by atoms with Crippen LogP contribution in [-0.2, 0) is 26.2 Å². The highest BCUT2D eigenvalue weighted by atomic mass is 35.5. The lowest BCUT2D eigenvalue weighted by molar-refractivity contribution is -0.141. The highest BCUT2D eigenvalue weighted by Crippen LogP contribution is 2.23. The van der Waals surface area contributed by atoms with Crippen molar-refractivity contribution in [2.75, 3.05) is 17.1 Å². The monoisotopic (exact) mass is 547 g/mol. The van der Waals surface area contributed by atoms with Crippen molar-refractivity contribution in [3.8, 4) is 0 Å². The summed E-state index contributed by atoms with van der Waals surface area (Å²) in [5.41, 5.74) is 2.48. The highest BCUT2D eigenvalue weighted by Gasteiger charge is 2.28. The average molecular weight is 548 g/mol. The van der Waals surface area contributed by atoms with Crippen LogP contribution in [0.3, 0.4) is 0 Å². The van der Waals surface area contributed by atoms with Crippen molar-refractivity contribution in [2.24, 2.45) is 0 Å². The fraction of sp³-hybridized carbons (Fsp3) is 0.500. The van der Waals surface area contributed by atoms with Crippen molar-refractivity contribution in [1.29, 1.82) is 0 Å². The molecule has 3 rings (SSSR count). The Bertz CT molecular complexity index is 1180. The van der Waals surface area contributed by atoms with Gasteiger partial charge in [-0.05, 0) is 62.4 Å². The van der Waals surface area contributed by atoms with Crippen LogP contribution in [0, 0.1) is 6.92 Å². The number of anilines is 1. The molecule has 0 aliphatic heterocycles. The molecule has 37 heavy (non-hydrogen) atoms. The van der Waals surface area contributed by atoms with Gasteiger partial charge in [-0.25, -0.2) is 8.42 Å². The number of nitrogens with zero attached hydrogens (tertiary/aromatic N) is 2. The van der Waals surface area contributed by atoms with Gasteiger partial charge in [-0.15, -0.1) is 0 Å². The molecule has 9 heteroatoms. The maximum absolute atomic E-state index is 13.5. The van der Waals surface area contributed by atoms with E-state index >= 15 is 0 Å². The van der Waals surface area contributed by atoms with Crippen molar-refractivity contribution in [3.63, 3.8) is 0 Å². The van der Waals surface area contributed by atoms with E-state index in [2.05, 4.69) is 5.32 Å². The van der Waals surface area contributed by atoms with E-state index in [0.29, 0.717) is 23.7 Å². The van der Waals surface area contributed by atoms with Gasteiger partial charge in [0.05, 0.1) is 11.9 Å². The predicted octanol–water partition coefficient (Wildman–Crippen LogP) is 5.06. The minimum absolute atomic E-state index is 0.111. The lowest BCUT2D eigenvalue weighted by atomic mass is 9.95. The highest BCUT2D eigenvalue weighted by molar-refractivity contribution is 7.92. The number of amides is 2. The minimum Gasteiger partial charge on any atom is -0.352 e. The van der Waals surface area contributed by atoms with Crippen LogP contribution in [0.5, 0.6) is 0 Å². The van der Waals surface area contributed by atoms with Gasteiger partial charge < -0.3 is 10.2 Å². The summed E-state index contributed by atoms with van der Waals surface area (Å²) in [7, 11) is -3.57. The van der Waals surface area contributed by atoms with E-state index < -0.39 is 16.1 Å².